The van der Waals surface area contributed by atoms with Gasteiger partial charge in [0.05, 0.1) is 5.56 Å². The molecule has 1 N–H and O–H groups in total. The summed E-state index contributed by atoms with van der Waals surface area (Å²) in [5.41, 5.74) is 1.51. The number of nitrogens with one attached hydrogen (secondary N) is 1. The molecule has 0 radical (unpaired) electrons. The van der Waals surface area contributed by atoms with Gasteiger partial charge >= 0.3 is 5.97 Å². The highest BCUT2D eigenvalue weighted by molar-refractivity contribution is 7.99. The molecule has 7 heteroatoms. The van der Waals surface area contributed by atoms with E-state index in [4.69, 9.17) is 4.74 Å². The second kappa shape index (κ2) is 10.1. The zero-order chi connectivity index (χ0) is 19.8. The number of nitrogens with zero attached hydrogens (tertiary/aromatic N) is 1. The second-order valence-electron chi connectivity index (χ2n) is 6.03. The van der Waals surface area contributed by atoms with Crippen LogP contribution in [0.25, 0.3) is 0 Å². The van der Waals surface area contributed by atoms with Crippen molar-refractivity contribution in [2.75, 3.05) is 13.2 Å². The molecule has 0 saturated carbocycles. The van der Waals surface area contributed by atoms with Crippen molar-refractivity contribution in [1.29, 1.82) is 0 Å². The van der Waals surface area contributed by atoms with E-state index in [-0.39, 0.29) is 12.5 Å². The molecule has 0 fully saturated rings. The summed E-state index contributed by atoms with van der Waals surface area (Å²) in [5, 5.41) is 5.31. The fourth-order valence-electron chi connectivity index (χ4n) is 2.39. The lowest BCUT2D eigenvalue weighted by Gasteiger charge is -2.09. The number of aryl methyl sites for hydroxylation is 1. The Kier molecular flexibility index (Phi) is 7.22. The van der Waals surface area contributed by atoms with Crippen molar-refractivity contribution in [1.82, 2.24) is 10.3 Å². The highest BCUT2D eigenvalue weighted by Crippen LogP contribution is 2.29. The maximum Gasteiger partial charge on any atom is 0.341 e. The maximum absolute atomic E-state index is 12.4. The van der Waals surface area contributed by atoms with Crippen LogP contribution in [0.1, 0.15) is 20.8 Å². The van der Waals surface area contributed by atoms with Gasteiger partial charge in [0.25, 0.3) is 5.91 Å². The Bertz CT molecular complexity index is 925. The summed E-state index contributed by atoms with van der Waals surface area (Å²) in [4.78, 5) is 30.8. The van der Waals surface area contributed by atoms with Gasteiger partial charge in [0.15, 0.2) is 6.61 Å². The molecular weight excluding hydrogens is 392 g/mol. The minimum atomic E-state index is -0.559. The lowest BCUT2D eigenvalue weighted by molar-refractivity contribution is -0.124. The van der Waals surface area contributed by atoms with E-state index in [1.54, 1.807) is 29.7 Å². The number of esters is 1. The largest absolute Gasteiger partial charge is 0.452 e. The average molecular weight is 413 g/mol. The third kappa shape index (κ3) is 5.94. The van der Waals surface area contributed by atoms with Crippen molar-refractivity contribution in [2.24, 2.45) is 0 Å². The fraction of sp³-hybridized carbons (Fsp3) is 0.190. The molecule has 5 nitrogen and oxygen atoms in total. The molecule has 1 aromatic carbocycles. The van der Waals surface area contributed by atoms with Crippen LogP contribution in [0.3, 0.4) is 0 Å². The first-order valence-electron chi connectivity index (χ1n) is 8.77. The van der Waals surface area contributed by atoms with Crippen LogP contribution < -0.4 is 5.32 Å². The number of hydrogen-bond acceptors (Lipinski definition) is 6. The molecule has 0 saturated heterocycles. The molecule has 0 spiro atoms. The smallest absolute Gasteiger partial charge is 0.341 e. The third-order valence-corrected chi connectivity index (χ3v) is 5.80. The standard InChI is InChI=1S/C21H20N2O3S2/c1-15-6-8-17(9-7-15)28-20-18(5-2-11-23-20)21(25)26-14-19(24)22-12-10-16-4-3-13-27-16/h2-9,11,13H,10,12,14H2,1H3,(H,22,24). The number of pyridine rings is 1. The lowest BCUT2D eigenvalue weighted by atomic mass is 10.2. The summed E-state index contributed by atoms with van der Waals surface area (Å²) < 4.78 is 5.17. The highest BCUT2D eigenvalue weighted by Gasteiger charge is 2.16. The topological polar surface area (TPSA) is 68.3 Å². The zero-order valence-corrected chi connectivity index (χ0v) is 17.0. The summed E-state index contributed by atoms with van der Waals surface area (Å²) in [7, 11) is 0. The molecule has 3 rings (SSSR count). The molecule has 1 amide bonds. The van der Waals surface area contributed by atoms with Gasteiger partial charge in [-0.2, -0.15) is 0 Å². The van der Waals surface area contributed by atoms with Gasteiger partial charge in [-0.25, -0.2) is 9.78 Å². The number of carbonyl (C=O) groups excluding carboxylic acids is 2. The molecule has 0 bridgehead atoms. The van der Waals surface area contributed by atoms with Crippen LogP contribution in [0.2, 0.25) is 0 Å². The van der Waals surface area contributed by atoms with Gasteiger partial charge in [-0.15, -0.1) is 11.3 Å². The number of amides is 1. The van der Waals surface area contributed by atoms with Crippen LogP contribution in [0.15, 0.2) is 70.0 Å². The summed E-state index contributed by atoms with van der Waals surface area (Å²) >= 11 is 3.03. The molecule has 144 valence electrons. The Hall–Kier alpha value is -2.64. The van der Waals surface area contributed by atoms with Gasteiger partial charge in [-0.3, -0.25) is 4.79 Å². The summed E-state index contributed by atoms with van der Waals surface area (Å²) in [5.74, 6) is -0.877. The zero-order valence-electron chi connectivity index (χ0n) is 15.4. The van der Waals surface area contributed by atoms with E-state index in [9.17, 15) is 9.59 Å². The number of rotatable bonds is 8. The molecule has 0 aliphatic rings. The first-order valence-corrected chi connectivity index (χ1v) is 10.5. The molecule has 0 aliphatic heterocycles. The second-order valence-corrected chi connectivity index (χ2v) is 8.12. The number of hydrogen-bond donors (Lipinski definition) is 1. The van der Waals surface area contributed by atoms with Crippen LogP contribution in [0.4, 0.5) is 0 Å². The maximum atomic E-state index is 12.4. The van der Waals surface area contributed by atoms with E-state index in [2.05, 4.69) is 10.3 Å². The first-order chi connectivity index (χ1) is 13.6. The lowest BCUT2D eigenvalue weighted by Crippen LogP contribution is -2.30. The van der Waals surface area contributed by atoms with Crippen molar-refractivity contribution in [3.63, 3.8) is 0 Å². The van der Waals surface area contributed by atoms with E-state index in [1.165, 1.54) is 16.6 Å². The van der Waals surface area contributed by atoms with Crippen molar-refractivity contribution >= 4 is 35.0 Å². The Morgan fingerprint density at radius 3 is 2.71 bits per heavy atom. The molecule has 0 aliphatic carbocycles. The molecule has 0 unspecified atom stereocenters. The quantitative estimate of drug-likeness (QED) is 0.564. The van der Waals surface area contributed by atoms with Gasteiger partial charge in [0.2, 0.25) is 0 Å². The minimum Gasteiger partial charge on any atom is -0.452 e. The van der Waals surface area contributed by atoms with E-state index in [0.29, 0.717) is 17.1 Å². The third-order valence-electron chi connectivity index (χ3n) is 3.83. The van der Waals surface area contributed by atoms with E-state index in [0.717, 1.165) is 16.9 Å². The highest BCUT2D eigenvalue weighted by atomic mass is 32.2. The number of carbonyl (C=O) groups is 2. The van der Waals surface area contributed by atoms with Gasteiger partial charge in [0, 0.05) is 22.5 Å². The van der Waals surface area contributed by atoms with Crippen LogP contribution in [0.5, 0.6) is 0 Å². The van der Waals surface area contributed by atoms with Crippen LogP contribution in [-0.4, -0.2) is 30.0 Å². The average Bonchev–Trinajstić information content (AvgIpc) is 3.22. The van der Waals surface area contributed by atoms with E-state index >= 15 is 0 Å². The van der Waals surface area contributed by atoms with Gasteiger partial charge in [-0.05, 0) is 49.1 Å². The Balaban J connectivity index is 1.52. The van der Waals surface area contributed by atoms with Crippen LogP contribution in [-0.2, 0) is 16.0 Å². The molecule has 2 aromatic heterocycles. The molecule has 3 aromatic rings. The number of ether oxygens (including phenoxy) is 1. The predicted molar refractivity (Wildman–Crippen MR) is 111 cm³/mol. The predicted octanol–water partition coefficient (Wildman–Crippen LogP) is 4.12. The number of benzene rings is 1. The molecular formula is C21H20N2O3S2. The monoisotopic (exact) mass is 412 g/mol. The van der Waals surface area contributed by atoms with E-state index < -0.39 is 5.97 Å². The van der Waals surface area contributed by atoms with E-state index in [1.807, 2.05) is 48.7 Å². The number of thiophene rings is 1. The van der Waals surface area contributed by atoms with Crippen LogP contribution in [0, 0.1) is 6.92 Å². The van der Waals surface area contributed by atoms with Gasteiger partial charge in [-0.1, -0.05) is 35.5 Å². The number of aromatic nitrogens is 1. The minimum absolute atomic E-state index is 0.313. The van der Waals surface area contributed by atoms with Crippen molar-refractivity contribution in [3.8, 4) is 0 Å². The molecule has 0 atom stereocenters. The van der Waals surface area contributed by atoms with Crippen LogP contribution >= 0.6 is 23.1 Å². The van der Waals surface area contributed by atoms with Crippen molar-refractivity contribution in [3.05, 3.63) is 76.1 Å². The summed E-state index contributed by atoms with van der Waals surface area (Å²) in [6, 6.07) is 15.3. The Labute approximate surface area is 172 Å². The van der Waals surface area contributed by atoms with Crippen molar-refractivity contribution < 1.29 is 14.3 Å². The van der Waals surface area contributed by atoms with Gasteiger partial charge < -0.3 is 10.1 Å². The SMILES string of the molecule is Cc1ccc(Sc2ncccc2C(=O)OCC(=O)NCCc2cccs2)cc1. The van der Waals surface area contributed by atoms with Crippen molar-refractivity contribution in [2.45, 2.75) is 23.3 Å². The molecule has 2 heterocycles. The summed E-state index contributed by atoms with van der Waals surface area (Å²) in [6.07, 6.45) is 2.39. The fourth-order valence-corrected chi connectivity index (χ4v) is 3.96. The molecule has 28 heavy (non-hydrogen) atoms. The van der Waals surface area contributed by atoms with Gasteiger partial charge in [0.1, 0.15) is 5.03 Å². The first kappa shape index (κ1) is 20.1. The normalized spacial score (nSPS) is 10.5. The summed E-state index contributed by atoms with van der Waals surface area (Å²) in [6.45, 7) is 2.22. The Morgan fingerprint density at radius 1 is 1.14 bits per heavy atom. The Morgan fingerprint density at radius 2 is 1.96 bits per heavy atom.